The molecule has 0 spiro atoms. The minimum atomic E-state index is 0.233. The Morgan fingerprint density at radius 1 is 1.24 bits per heavy atom. The van der Waals surface area contributed by atoms with Gasteiger partial charge in [-0.2, -0.15) is 5.26 Å². The summed E-state index contributed by atoms with van der Waals surface area (Å²) in [7, 11) is 3.24. The van der Waals surface area contributed by atoms with Gasteiger partial charge in [0, 0.05) is 18.2 Å². The molecule has 0 saturated carbocycles. The van der Waals surface area contributed by atoms with Gasteiger partial charge in [-0.05, 0) is 36.2 Å². The van der Waals surface area contributed by atoms with Gasteiger partial charge in [0.25, 0.3) is 0 Å². The summed E-state index contributed by atoms with van der Waals surface area (Å²) in [5.41, 5.74) is 3.15. The van der Waals surface area contributed by atoms with Gasteiger partial charge in [0.15, 0.2) is 0 Å². The number of benzene rings is 1. The van der Waals surface area contributed by atoms with Crippen LogP contribution in [0.4, 0.5) is 0 Å². The highest BCUT2D eigenvalue weighted by Crippen LogP contribution is 2.28. The quantitative estimate of drug-likeness (QED) is 0.811. The van der Waals surface area contributed by atoms with Crippen molar-refractivity contribution in [2.24, 2.45) is 0 Å². The molecule has 21 heavy (non-hydrogen) atoms. The molecule has 2 aromatic rings. The average Bonchev–Trinajstić information content (AvgIpc) is 2.50. The topological polar surface area (TPSA) is 55.1 Å². The van der Waals surface area contributed by atoms with Crippen molar-refractivity contribution < 1.29 is 9.47 Å². The summed E-state index contributed by atoms with van der Waals surface area (Å²) in [6.07, 6.45) is 2.28. The molecule has 1 heterocycles. The highest BCUT2D eigenvalue weighted by Gasteiger charge is 2.13. The molecule has 0 fully saturated rings. The first-order valence-electron chi connectivity index (χ1n) is 6.35. The summed E-state index contributed by atoms with van der Waals surface area (Å²) in [6, 6.07) is 7.71. The third-order valence-corrected chi connectivity index (χ3v) is 3.66. The SMILES string of the molecule is COc1ccc(OC)c(Cc2cnc(Cl)c(C#N)c2C)c1. The van der Waals surface area contributed by atoms with E-state index in [1.807, 2.05) is 25.1 Å². The molecule has 0 atom stereocenters. The van der Waals surface area contributed by atoms with E-state index >= 15 is 0 Å². The lowest BCUT2D eigenvalue weighted by Crippen LogP contribution is -2.00. The summed E-state index contributed by atoms with van der Waals surface area (Å²) in [5, 5.41) is 9.39. The van der Waals surface area contributed by atoms with Crippen LogP contribution in [0.3, 0.4) is 0 Å². The molecule has 0 aliphatic rings. The Morgan fingerprint density at radius 2 is 2.00 bits per heavy atom. The number of methoxy groups -OCH3 is 2. The van der Waals surface area contributed by atoms with Crippen LogP contribution in [0.25, 0.3) is 0 Å². The zero-order valence-electron chi connectivity index (χ0n) is 12.1. The molecule has 1 aromatic carbocycles. The maximum Gasteiger partial charge on any atom is 0.147 e. The molecule has 1 aromatic heterocycles. The van der Waals surface area contributed by atoms with E-state index in [2.05, 4.69) is 11.1 Å². The molecule has 0 N–H and O–H groups in total. The molecule has 0 amide bonds. The lowest BCUT2D eigenvalue weighted by atomic mass is 9.99. The van der Waals surface area contributed by atoms with Gasteiger partial charge in [-0.3, -0.25) is 0 Å². The van der Waals surface area contributed by atoms with E-state index in [1.165, 1.54) is 0 Å². The van der Waals surface area contributed by atoms with Gasteiger partial charge in [0.05, 0.1) is 19.8 Å². The van der Waals surface area contributed by atoms with E-state index in [-0.39, 0.29) is 5.15 Å². The van der Waals surface area contributed by atoms with Crippen LogP contribution in [0.2, 0.25) is 5.15 Å². The van der Waals surface area contributed by atoms with Crippen LogP contribution in [-0.4, -0.2) is 19.2 Å². The lowest BCUT2D eigenvalue weighted by Gasteiger charge is -2.12. The maximum absolute atomic E-state index is 9.15. The van der Waals surface area contributed by atoms with Crippen LogP contribution in [-0.2, 0) is 6.42 Å². The molecular weight excluding hydrogens is 288 g/mol. The fourth-order valence-electron chi connectivity index (χ4n) is 2.14. The summed E-state index contributed by atoms with van der Waals surface area (Å²) >= 11 is 5.93. The normalized spacial score (nSPS) is 10.0. The number of halogens is 1. The third kappa shape index (κ3) is 3.09. The second-order valence-corrected chi connectivity index (χ2v) is 4.90. The zero-order chi connectivity index (χ0) is 15.4. The van der Waals surface area contributed by atoms with Crippen LogP contribution >= 0.6 is 11.6 Å². The van der Waals surface area contributed by atoms with E-state index in [0.717, 1.165) is 28.2 Å². The Bertz CT molecular complexity index is 708. The third-order valence-electron chi connectivity index (χ3n) is 3.38. The van der Waals surface area contributed by atoms with E-state index < -0.39 is 0 Å². The highest BCUT2D eigenvalue weighted by molar-refractivity contribution is 6.30. The fourth-order valence-corrected chi connectivity index (χ4v) is 2.38. The maximum atomic E-state index is 9.15. The first kappa shape index (κ1) is 15.1. The van der Waals surface area contributed by atoms with Crippen molar-refractivity contribution in [3.63, 3.8) is 0 Å². The first-order valence-corrected chi connectivity index (χ1v) is 6.73. The Labute approximate surface area is 128 Å². The molecule has 2 rings (SSSR count). The average molecular weight is 303 g/mol. The van der Waals surface area contributed by atoms with Crippen LogP contribution in [0.15, 0.2) is 24.4 Å². The molecule has 5 heteroatoms. The molecule has 0 bridgehead atoms. The van der Waals surface area contributed by atoms with Gasteiger partial charge in [-0.1, -0.05) is 11.6 Å². The van der Waals surface area contributed by atoms with E-state index in [0.29, 0.717) is 12.0 Å². The Kier molecular flexibility index (Phi) is 4.66. The van der Waals surface area contributed by atoms with Crippen molar-refractivity contribution in [2.45, 2.75) is 13.3 Å². The minimum absolute atomic E-state index is 0.233. The molecule has 0 radical (unpaired) electrons. The monoisotopic (exact) mass is 302 g/mol. The number of hydrogen-bond donors (Lipinski definition) is 0. The molecule has 108 valence electrons. The number of pyridine rings is 1. The Balaban J connectivity index is 2.45. The van der Waals surface area contributed by atoms with Crippen molar-refractivity contribution in [1.29, 1.82) is 5.26 Å². The van der Waals surface area contributed by atoms with Crippen LogP contribution in [0.1, 0.15) is 22.3 Å². The second kappa shape index (κ2) is 6.47. The standard InChI is InChI=1S/C16H15ClN2O2/c1-10-12(9-19-16(17)14(10)8-18)6-11-7-13(20-2)4-5-15(11)21-3/h4-5,7,9H,6H2,1-3H3. The first-order chi connectivity index (χ1) is 10.1. The van der Waals surface area contributed by atoms with Crippen molar-refractivity contribution in [3.05, 3.63) is 51.8 Å². The number of nitrogens with zero attached hydrogens (tertiary/aromatic N) is 2. The van der Waals surface area contributed by atoms with Gasteiger partial charge in [0.1, 0.15) is 22.7 Å². The summed E-state index contributed by atoms with van der Waals surface area (Å²) < 4.78 is 10.6. The number of rotatable bonds is 4. The number of hydrogen-bond acceptors (Lipinski definition) is 4. The van der Waals surface area contributed by atoms with Crippen LogP contribution < -0.4 is 9.47 Å². The Hall–Kier alpha value is -2.25. The van der Waals surface area contributed by atoms with Gasteiger partial charge in [-0.25, -0.2) is 4.98 Å². The van der Waals surface area contributed by atoms with E-state index in [9.17, 15) is 0 Å². The fraction of sp³-hybridized carbons (Fsp3) is 0.250. The van der Waals surface area contributed by atoms with Gasteiger partial charge < -0.3 is 9.47 Å². The number of nitriles is 1. The van der Waals surface area contributed by atoms with Gasteiger partial charge >= 0.3 is 0 Å². The minimum Gasteiger partial charge on any atom is -0.497 e. The molecular formula is C16H15ClN2O2. The van der Waals surface area contributed by atoms with Crippen LogP contribution in [0.5, 0.6) is 11.5 Å². The summed E-state index contributed by atoms with van der Waals surface area (Å²) in [6.45, 7) is 1.87. The molecule has 0 saturated heterocycles. The number of ether oxygens (including phenoxy) is 2. The van der Waals surface area contributed by atoms with Gasteiger partial charge in [-0.15, -0.1) is 0 Å². The molecule has 0 unspecified atom stereocenters. The van der Waals surface area contributed by atoms with Crippen molar-refractivity contribution in [2.75, 3.05) is 14.2 Å². The van der Waals surface area contributed by atoms with Crippen molar-refractivity contribution in [1.82, 2.24) is 4.98 Å². The van der Waals surface area contributed by atoms with Crippen molar-refractivity contribution in [3.8, 4) is 17.6 Å². The van der Waals surface area contributed by atoms with Crippen molar-refractivity contribution >= 4 is 11.6 Å². The number of aromatic nitrogens is 1. The van der Waals surface area contributed by atoms with E-state index in [1.54, 1.807) is 20.4 Å². The second-order valence-electron chi connectivity index (χ2n) is 4.54. The highest BCUT2D eigenvalue weighted by atomic mass is 35.5. The van der Waals surface area contributed by atoms with E-state index in [4.69, 9.17) is 26.3 Å². The summed E-state index contributed by atoms with van der Waals surface area (Å²) in [4.78, 5) is 4.08. The van der Waals surface area contributed by atoms with Gasteiger partial charge in [0.2, 0.25) is 0 Å². The lowest BCUT2D eigenvalue weighted by molar-refractivity contribution is 0.399. The Morgan fingerprint density at radius 3 is 2.62 bits per heavy atom. The zero-order valence-corrected chi connectivity index (χ0v) is 12.9. The summed E-state index contributed by atoms with van der Waals surface area (Å²) in [5.74, 6) is 1.52. The molecule has 0 aliphatic carbocycles. The van der Waals surface area contributed by atoms with Crippen LogP contribution in [0, 0.1) is 18.3 Å². The molecule has 4 nitrogen and oxygen atoms in total. The predicted molar refractivity (Wildman–Crippen MR) is 81.1 cm³/mol. The predicted octanol–water partition coefficient (Wildman–Crippen LogP) is 3.52. The largest absolute Gasteiger partial charge is 0.497 e. The smallest absolute Gasteiger partial charge is 0.147 e. The molecule has 0 aliphatic heterocycles.